The van der Waals surface area contributed by atoms with Crippen LogP contribution in [0.2, 0.25) is 4.34 Å². The molecule has 3 nitrogen and oxygen atoms in total. The second kappa shape index (κ2) is 6.70. The van der Waals surface area contributed by atoms with Crippen molar-refractivity contribution in [3.8, 4) is 0 Å². The summed E-state index contributed by atoms with van der Waals surface area (Å²) in [5, 5.41) is 6.10. The Bertz CT molecular complexity index is 551. The van der Waals surface area contributed by atoms with Crippen molar-refractivity contribution in [2.24, 2.45) is 0 Å². The minimum absolute atomic E-state index is 0.0551. The van der Waals surface area contributed by atoms with Gasteiger partial charge in [-0.05, 0) is 29.8 Å². The Morgan fingerprint density at radius 2 is 1.89 bits per heavy atom. The van der Waals surface area contributed by atoms with Crippen molar-refractivity contribution in [2.75, 3.05) is 5.32 Å². The highest BCUT2D eigenvalue weighted by Gasteiger charge is 1.99. The summed E-state index contributed by atoms with van der Waals surface area (Å²) in [6.07, 6.45) is 0. The molecule has 19 heavy (non-hydrogen) atoms. The number of anilines is 1. The van der Waals surface area contributed by atoms with Crippen LogP contribution in [0.5, 0.6) is 0 Å². The van der Waals surface area contributed by atoms with Gasteiger partial charge in [0, 0.05) is 30.6 Å². The van der Waals surface area contributed by atoms with E-state index in [2.05, 4.69) is 10.6 Å². The Balaban J connectivity index is 1.81. The van der Waals surface area contributed by atoms with Gasteiger partial charge < -0.3 is 10.6 Å². The van der Waals surface area contributed by atoms with Gasteiger partial charge in [-0.25, -0.2) is 0 Å². The highest BCUT2D eigenvalue weighted by Crippen LogP contribution is 2.21. The lowest BCUT2D eigenvalue weighted by Gasteiger charge is -2.05. The number of hydrogen-bond donors (Lipinski definition) is 2. The summed E-state index contributed by atoms with van der Waals surface area (Å²) < 4.78 is 0.816. The Kier molecular flexibility index (Phi) is 4.96. The fourth-order valence-corrected chi connectivity index (χ4v) is 2.74. The molecular formula is C14H15ClN2OS. The lowest BCUT2D eigenvalue weighted by atomic mass is 10.2. The van der Waals surface area contributed by atoms with E-state index in [1.807, 2.05) is 36.4 Å². The quantitative estimate of drug-likeness (QED) is 0.884. The summed E-state index contributed by atoms with van der Waals surface area (Å²) in [4.78, 5) is 12.1. The molecule has 2 N–H and O–H groups in total. The van der Waals surface area contributed by atoms with Crippen molar-refractivity contribution in [3.05, 3.63) is 51.2 Å². The second-order valence-corrected chi connectivity index (χ2v) is 5.99. The van der Waals surface area contributed by atoms with E-state index in [1.165, 1.54) is 17.4 Å². The maximum Gasteiger partial charge on any atom is 0.221 e. The number of halogens is 1. The summed E-state index contributed by atoms with van der Waals surface area (Å²) >= 11 is 7.46. The lowest BCUT2D eigenvalue weighted by molar-refractivity contribution is -0.114. The number of amides is 1. The van der Waals surface area contributed by atoms with E-state index in [9.17, 15) is 4.79 Å². The standard InChI is InChI=1S/C14H15ClN2OS/c1-10(18)17-12-4-2-11(3-5-12)8-16-9-13-6-7-14(15)19-13/h2-7,16H,8-9H2,1H3,(H,17,18). The Morgan fingerprint density at radius 3 is 2.47 bits per heavy atom. The van der Waals surface area contributed by atoms with Crippen LogP contribution in [-0.2, 0) is 17.9 Å². The molecule has 5 heteroatoms. The molecule has 2 rings (SSSR count). The normalized spacial score (nSPS) is 10.4. The van der Waals surface area contributed by atoms with E-state index in [-0.39, 0.29) is 5.91 Å². The van der Waals surface area contributed by atoms with Crippen LogP contribution in [0, 0.1) is 0 Å². The zero-order chi connectivity index (χ0) is 13.7. The summed E-state index contributed by atoms with van der Waals surface area (Å²) in [6.45, 7) is 3.10. The SMILES string of the molecule is CC(=O)Nc1ccc(CNCc2ccc(Cl)s2)cc1. The van der Waals surface area contributed by atoms with Crippen LogP contribution >= 0.6 is 22.9 Å². The minimum atomic E-state index is -0.0551. The molecular weight excluding hydrogens is 280 g/mol. The van der Waals surface area contributed by atoms with Crippen molar-refractivity contribution >= 4 is 34.5 Å². The van der Waals surface area contributed by atoms with Crippen molar-refractivity contribution in [1.29, 1.82) is 0 Å². The molecule has 1 amide bonds. The van der Waals surface area contributed by atoms with Crippen molar-refractivity contribution < 1.29 is 4.79 Å². The van der Waals surface area contributed by atoms with E-state index in [4.69, 9.17) is 11.6 Å². The maximum atomic E-state index is 10.9. The van der Waals surface area contributed by atoms with Crippen LogP contribution < -0.4 is 10.6 Å². The molecule has 0 aliphatic heterocycles. The molecule has 1 heterocycles. The lowest BCUT2D eigenvalue weighted by Crippen LogP contribution is -2.12. The zero-order valence-electron chi connectivity index (χ0n) is 10.6. The smallest absolute Gasteiger partial charge is 0.221 e. The van der Waals surface area contributed by atoms with Gasteiger partial charge in [-0.3, -0.25) is 4.79 Å². The molecule has 0 radical (unpaired) electrons. The number of thiophene rings is 1. The third kappa shape index (κ3) is 4.67. The number of carbonyl (C=O) groups excluding carboxylic acids is 1. The first-order valence-electron chi connectivity index (χ1n) is 5.95. The van der Waals surface area contributed by atoms with Gasteiger partial charge in [-0.15, -0.1) is 11.3 Å². The molecule has 1 aromatic heterocycles. The number of rotatable bonds is 5. The number of nitrogens with one attached hydrogen (secondary N) is 2. The molecule has 0 fully saturated rings. The Morgan fingerprint density at radius 1 is 1.16 bits per heavy atom. The van der Waals surface area contributed by atoms with Gasteiger partial charge in [-0.1, -0.05) is 23.7 Å². The van der Waals surface area contributed by atoms with Gasteiger partial charge in [0.1, 0.15) is 0 Å². The van der Waals surface area contributed by atoms with Crippen LogP contribution in [-0.4, -0.2) is 5.91 Å². The highest BCUT2D eigenvalue weighted by molar-refractivity contribution is 7.16. The molecule has 1 aromatic carbocycles. The molecule has 2 aromatic rings. The number of hydrogen-bond acceptors (Lipinski definition) is 3. The van der Waals surface area contributed by atoms with E-state index in [1.54, 1.807) is 11.3 Å². The Labute approximate surface area is 121 Å². The molecule has 0 saturated heterocycles. The summed E-state index contributed by atoms with van der Waals surface area (Å²) in [6, 6.07) is 11.7. The van der Waals surface area contributed by atoms with E-state index in [0.29, 0.717) is 0 Å². The van der Waals surface area contributed by atoms with Gasteiger partial charge in [0.2, 0.25) is 5.91 Å². The van der Waals surface area contributed by atoms with Gasteiger partial charge in [0.05, 0.1) is 4.34 Å². The van der Waals surface area contributed by atoms with E-state index < -0.39 is 0 Å². The Hall–Kier alpha value is -1.36. The summed E-state index contributed by atoms with van der Waals surface area (Å²) in [5.41, 5.74) is 2.00. The largest absolute Gasteiger partial charge is 0.326 e. The average Bonchev–Trinajstić information content (AvgIpc) is 2.77. The van der Waals surface area contributed by atoms with E-state index in [0.717, 1.165) is 23.1 Å². The molecule has 0 bridgehead atoms. The maximum absolute atomic E-state index is 10.9. The van der Waals surface area contributed by atoms with Gasteiger partial charge in [-0.2, -0.15) is 0 Å². The molecule has 0 atom stereocenters. The molecule has 0 unspecified atom stereocenters. The molecule has 0 aliphatic carbocycles. The predicted octanol–water partition coefficient (Wildman–Crippen LogP) is 3.65. The van der Waals surface area contributed by atoms with Crippen molar-refractivity contribution in [2.45, 2.75) is 20.0 Å². The zero-order valence-corrected chi connectivity index (χ0v) is 12.1. The van der Waals surface area contributed by atoms with Crippen LogP contribution in [0.4, 0.5) is 5.69 Å². The highest BCUT2D eigenvalue weighted by atomic mass is 35.5. The van der Waals surface area contributed by atoms with Gasteiger partial charge >= 0.3 is 0 Å². The fraction of sp³-hybridized carbons (Fsp3) is 0.214. The van der Waals surface area contributed by atoms with Crippen molar-refractivity contribution in [1.82, 2.24) is 5.32 Å². The molecule has 0 saturated carbocycles. The summed E-state index contributed by atoms with van der Waals surface area (Å²) in [7, 11) is 0. The van der Waals surface area contributed by atoms with Crippen LogP contribution in [0.25, 0.3) is 0 Å². The second-order valence-electron chi connectivity index (χ2n) is 4.19. The summed E-state index contributed by atoms with van der Waals surface area (Å²) in [5.74, 6) is -0.0551. The van der Waals surface area contributed by atoms with E-state index >= 15 is 0 Å². The third-order valence-electron chi connectivity index (χ3n) is 2.53. The van der Waals surface area contributed by atoms with Gasteiger partial charge in [0.25, 0.3) is 0 Å². The van der Waals surface area contributed by atoms with Crippen molar-refractivity contribution in [3.63, 3.8) is 0 Å². The topological polar surface area (TPSA) is 41.1 Å². The van der Waals surface area contributed by atoms with Gasteiger partial charge in [0.15, 0.2) is 0 Å². The average molecular weight is 295 g/mol. The van der Waals surface area contributed by atoms with Crippen LogP contribution in [0.15, 0.2) is 36.4 Å². The number of carbonyl (C=O) groups is 1. The first-order chi connectivity index (χ1) is 9.13. The third-order valence-corrected chi connectivity index (χ3v) is 3.76. The molecule has 0 spiro atoms. The molecule has 100 valence electrons. The van der Waals surface area contributed by atoms with Crippen LogP contribution in [0.1, 0.15) is 17.4 Å². The first kappa shape index (κ1) is 14.1. The first-order valence-corrected chi connectivity index (χ1v) is 7.14. The monoisotopic (exact) mass is 294 g/mol. The van der Waals surface area contributed by atoms with Crippen LogP contribution in [0.3, 0.4) is 0 Å². The minimum Gasteiger partial charge on any atom is -0.326 e. The fourth-order valence-electron chi connectivity index (χ4n) is 1.69. The predicted molar refractivity (Wildman–Crippen MR) is 80.6 cm³/mol. The molecule has 0 aliphatic rings. The number of benzene rings is 1.